The van der Waals surface area contributed by atoms with E-state index in [-0.39, 0.29) is 11.4 Å². The van der Waals surface area contributed by atoms with Crippen molar-refractivity contribution in [2.24, 2.45) is 0 Å². The van der Waals surface area contributed by atoms with E-state index in [1.54, 1.807) is 4.90 Å². The number of thiazole rings is 1. The zero-order valence-corrected chi connectivity index (χ0v) is 21.6. The number of aromatic nitrogens is 2. The van der Waals surface area contributed by atoms with Gasteiger partial charge in [0.1, 0.15) is 0 Å². The van der Waals surface area contributed by atoms with Crippen molar-refractivity contribution in [3.63, 3.8) is 0 Å². The molecule has 2 aromatic carbocycles. The standard InChI is InChI=1S/C28H28N4O4S/c1-17-7-9-19(10-8-17)23-22(25(34)27(35)31(23)12-11-30-13-15-36-16-14-30)24(33)26-18(2)32-21-6-4-3-5-20(21)29-28(32)37-26/h3-10,23,34H,11-16H2,1-2H3. The third-order valence-corrected chi connectivity index (χ3v) is 8.44. The number of aliphatic hydroxyl groups is 1. The van der Waals surface area contributed by atoms with Crippen LogP contribution in [0.25, 0.3) is 16.0 Å². The Balaban J connectivity index is 1.40. The number of Topliss-reactive ketones (excluding diaryl/α,β-unsaturated/α-hetero) is 1. The van der Waals surface area contributed by atoms with Crippen LogP contribution >= 0.6 is 11.3 Å². The summed E-state index contributed by atoms with van der Waals surface area (Å²) in [6.07, 6.45) is 0. The molecule has 37 heavy (non-hydrogen) atoms. The van der Waals surface area contributed by atoms with Crippen LogP contribution in [0.15, 0.2) is 59.9 Å². The molecule has 2 aliphatic rings. The highest BCUT2D eigenvalue weighted by Gasteiger charge is 2.44. The fourth-order valence-corrected chi connectivity index (χ4v) is 6.38. The van der Waals surface area contributed by atoms with E-state index in [4.69, 9.17) is 4.74 Å². The molecular formula is C28H28N4O4S. The number of aryl methyl sites for hydroxylation is 2. The number of rotatable bonds is 6. The van der Waals surface area contributed by atoms with Crippen LogP contribution in [0.3, 0.4) is 0 Å². The molecule has 0 radical (unpaired) electrons. The first-order chi connectivity index (χ1) is 17.9. The number of morpholine rings is 1. The summed E-state index contributed by atoms with van der Waals surface area (Å²) in [5.74, 6) is -1.30. The molecular weight excluding hydrogens is 488 g/mol. The minimum Gasteiger partial charge on any atom is -0.503 e. The molecule has 2 aromatic heterocycles. The lowest BCUT2D eigenvalue weighted by Crippen LogP contribution is -2.43. The predicted octanol–water partition coefficient (Wildman–Crippen LogP) is 4.08. The number of ketones is 1. The largest absolute Gasteiger partial charge is 0.503 e. The van der Waals surface area contributed by atoms with Gasteiger partial charge in [-0.25, -0.2) is 4.98 Å². The fourth-order valence-electron chi connectivity index (χ4n) is 5.28. The number of carbonyl (C=O) groups excluding carboxylic acids is 2. The van der Waals surface area contributed by atoms with Gasteiger partial charge in [0.25, 0.3) is 5.91 Å². The number of aliphatic hydroxyl groups excluding tert-OH is 1. The third kappa shape index (κ3) is 4.03. The number of amides is 1. The van der Waals surface area contributed by atoms with Crippen molar-refractivity contribution in [1.82, 2.24) is 19.2 Å². The van der Waals surface area contributed by atoms with Crippen molar-refractivity contribution in [2.45, 2.75) is 19.9 Å². The lowest BCUT2D eigenvalue weighted by molar-refractivity contribution is -0.129. The van der Waals surface area contributed by atoms with Crippen molar-refractivity contribution >= 4 is 39.0 Å². The van der Waals surface area contributed by atoms with E-state index in [2.05, 4.69) is 9.88 Å². The SMILES string of the molecule is Cc1ccc(C2C(C(=O)c3sc4nc5ccccc5n4c3C)=C(O)C(=O)N2CCN2CCOCC2)cc1. The summed E-state index contributed by atoms with van der Waals surface area (Å²) in [4.78, 5) is 37.2. The van der Waals surface area contributed by atoms with E-state index in [9.17, 15) is 14.7 Å². The van der Waals surface area contributed by atoms with E-state index in [0.29, 0.717) is 36.1 Å². The zero-order chi connectivity index (χ0) is 25.7. The Kier molecular flexibility index (Phi) is 6.06. The normalized spacial score (nSPS) is 19.0. The van der Waals surface area contributed by atoms with Gasteiger partial charge in [-0.15, -0.1) is 0 Å². The lowest BCUT2D eigenvalue weighted by Gasteiger charge is -2.31. The zero-order valence-electron chi connectivity index (χ0n) is 20.8. The van der Waals surface area contributed by atoms with Crippen LogP contribution in [0.4, 0.5) is 0 Å². The first kappa shape index (κ1) is 23.8. The second kappa shape index (κ2) is 9.41. The fraction of sp³-hybridized carbons (Fsp3) is 0.321. The molecule has 1 atom stereocenters. The first-order valence-corrected chi connectivity index (χ1v) is 13.3. The second-order valence-electron chi connectivity index (χ2n) is 9.59. The molecule has 4 heterocycles. The molecule has 4 aromatic rings. The van der Waals surface area contributed by atoms with Gasteiger partial charge in [-0.2, -0.15) is 0 Å². The van der Waals surface area contributed by atoms with Gasteiger partial charge in [-0.3, -0.25) is 18.9 Å². The predicted molar refractivity (Wildman–Crippen MR) is 142 cm³/mol. The molecule has 2 aliphatic heterocycles. The monoisotopic (exact) mass is 516 g/mol. The van der Waals surface area contributed by atoms with Gasteiger partial charge in [0.2, 0.25) is 5.78 Å². The molecule has 1 N–H and O–H groups in total. The molecule has 8 nitrogen and oxygen atoms in total. The van der Waals surface area contributed by atoms with Gasteiger partial charge in [-0.1, -0.05) is 53.3 Å². The summed E-state index contributed by atoms with van der Waals surface area (Å²) in [5.41, 5.74) is 4.55. The molecule has 1 fully saturated rings. The highest BCUT2D eigenvalue weighted by atomic mass is 32.1. The Morgan fingerprint density at radius 1 is 1.08 bits per heavy atom. The Morgan fingerprint density at radius 2 is 1.81 bits per heavy atom. The van der Waals surface area contributed by atoms with Crippen LogP contribution in [-0.4, -0.2) is 75.4 Å². The quantitative estimate of drug-likeness (QED) is 0.389. The summed E-state index contributed by atoms with van der Waals surface area (Å²) < 4.78 is 7.41. The summed E-state index contributed by atoms with van der Waals surface area (Å²) in [5, 5.41) is 11.1. The number of hydrogen-bond donors (Lipinski definition) is 1. The lowest BCUT2D eigenvalue weighted by atomic mass is 9.94. The van der Waals surface area contributed by atoms with Gasteiger partial charge in [0.15, 0.2) is 10.7 Å². The average Bonchev–Trinajstić information content (AvgIpc) is 3.52. The number of benzene rings is 2. The highest BCUT2D eigenvalue weighted by molar-refractivity contribution is 7.19. The maximum absolute atomic E-state index is 14.1. The van der Waals surface area contributed by atoms with Crippen LogP contribution in [0.5, 0.6) is 0 Å². The number of para-hydroxylation sites is 2. The maximum atomic E-state index is 14.1. The Bertz CT molecular complexity index is 1550. The molecule has 0 spiro atoms. The molecule has 6 rings (SSSR count). The highest BCUT2D eigenvalue weighted by Crippen LogP contribution is 2.41. The number of ether oxygens (including phenoxy) is 1. The minimum absolute atomic E-state index is 0.132. The number of carbonyl (C=O) groups is 2. The van der Waals surface area contributed by atoms with E-state index >= 15 is 0 Å². The minimum atomic E-state index is -0.660. The summed E-state index contributed by atoms with van der Waals surface area (Å²) >= 11 is 1.29. The summed E-state index contributed by atoms with van der Waals surface area (Å²) in [6, 6.07) is 14.9. The van der Waals surface area contributed by atoms with Crippen molar-refractivity contribution < 1.29 is 19.4 Å². The van der Waals surface area contributed by atoms with Gasteiger partial charge < -0.3 is 14.7 Å². The third-order valence-electron chi connectivity index (χ3n) is 7.30. The Hall–Kier alpha value is -3.53. The molecule has 0 aliphatic carbocycles. The number of hydrogen-bond acceptors (Lipinski definition) is 7. The maximum Gasteiger partial charge on any atom is 0.290 e. The molecule has 1 unspecified atom stereocenters. The van der Waals surface area contributed by atoms with Crippen LogP contribution in [0, 0.1) is 13.8 Å². The number of fused-ring (bicyclic) bond motifs is 3. The van der Waals surface area contributed by atoms with E-state index in [1.165, 1.54) is 11.3 Å². The molecule has 190 valence electrons. The van der Waals surface area contributed by atoms with Crippen molar-refractivity contribution in [3.8, 4) is 0 Å². The number of nitrogens with zero attached hydrogens (tertiary/aromatic N) is 4. The van der Waals surface area contributed by atoms with Crippen molar-refractivity contribution in [3.05, 3.63) is 81.6 Å². The van der Waals surface area contributed by atoms with Gasteiger partial charge in [0.05, 0.1) is 40.7 Å². The van der Waals surface area contributed by atoms with Gasteiger partial charge >= 0.3 is 0 Å². The van der Waals surface area contributed by atoms with Crippen LogP contribution in [0.1, 0.15) is 32.5 Å². The molecule has 0 saturated carbocycles. The van der Waals surface area contributed by atoms with Crippen molar-refractivity contribution in [1.29, 1.82) is 0 Å². The van der Waals surface area contributed by atoms with Gasteiger partial charge in [-0.05, 0) is 31.5 Å². The first-order valence-electron chi connectivity index (χ1n) is 12.5. The molecule has 1 amide bonds. The summed E-state index contributed by atoms with van der Waals surface area (Å²) in [6.45, 7) is 7.84. The summed E-state index contributed by atoms with van der Waals surface area (Å²) in [7, 11) is 0. The Morgan fingerprint density at radius 3 is 2.57 bits per heavy atom. The smallest absolute Gasteiger partial charge is 0.290 e. The van der Waals surface area contributed by atoms with E-state index in [1.807, 2.05) is 66.8 Å². The van der Waals surface area contributed by atoms with E-state index in [0.717, 1.165) is 40.9 Å². The van der Waals surface area contributed by atoms with Gasteiger partial charge in [0, 0.05) is 31.9 Å². The van der Waals surface area contributed by atoms with Crippen LogP contribution in [-0.2, 0) is 9.53 Å². The average molecular weight is 517 g/mol. The number of imidazole rings is 1. The van der Waals surface area contributed by atoms with Crippen molar-refractivity contribution in [2.75, 3.05) is 39.4 Å². The topological polar surface area (TPSA) is 87.4 Å². The molecule has 9 heteroatoms. The second-order valence-corrected chi connectivity index (χ2v) is 10.6. The molecule has 1 saturated heterocycles. The van der Waals surface area contributed by atoms with Crippen LogP contribution in [0.2, 0.25) is 0 Å². The van der Waals surface area contributed by atoms with E-state index < -0.39 is 17.7 Å². The molecule has 0 bridgehead atoms. The van der Waals surface area contributed by atoms with Crippen LogP contribution < -0.4 is 0 Å². The Labute approximate surface area is 218 Å².